The summed E-state index contributed by atoms with van der Waals surface area (Å²) >= 11 is 0. The molecule has 1 saturated carbocycles. The van der Waals surface area contributed by atoms with Crippen LogP contribution in [0.5, 0.6) is 0 Å². The smallest absolute Gasteiger partial charge is 0.291 e. The SMILES string of the molecule is CN1C(=O)[C@@H](NC(=O)c2ncn(Cc3cccc(F)c3)n2)CCn2nc(C3CC3)cc21. The number of aromatic nitrogens is 5. The molecular formula is C21H22FN7O2. The Hall–Kier alpha value is -3.56. The van der Waals surface area contributed by atoms with Crippen LogP contribution in [0.1, 0.15) is 47.1 Å². The van der Waals surface area contributed by atoms with Crippen LogP contribution in [0.2, 0.25) is 0 Å². The molecule has 3 heterocycles. The van der Waals surface area contributed by atoms with Crippen LogP contribution in [0, 0.1) is 5.82 Å². The molecule has 1 fully saturated rings. The predicted octanol–water partition coefficient (Wildman–Crippen LogP) is 1.70. The van der Waals surface area contributed by atoms with Crippen LogP contribution in [-0.4, -0.2) is 49.4 Å². The molecule has 0 unspecified atom stereocenters. The first kappa shape index (κ1) is 19.4. The molecule has 1 aliphatic heterocycles. The Morgan fingerprint density at radius 2 is 2.06 bits per heavy atom. The molecule has 2 aliphatic rings. The summed E-state index contributed by atoms with van der Waals surface area (Å²) < 4.78 is 16.6. The fourth-order valence-corrected chi connectivity index (χ4v) is 3.81. The van der Waals surface area contributed by atoms with Crippen molar-refractivity contribution >= 4 is 17.6 Å². The van der Waals surface area contributed by atoms with Gasteiger partial charge in [0, 0.05) is 25.6 Å². The molecule has 3 aromatic rings. The van der Waals surface area contributed by atoms with Gasteiger partial charge in [0.05, 0.1) is 12.2 Å². The van der Waals surface area contributed by atoms with E-state index in [1.807, 2.05) is 10.7 Å². The number of nitrogens with one attached hydrogen (secondary N) is 1. The summed E-state index contributed by atoms with van der Waals surface area (Å²) in [5.74, 6) is 0.158. The molecule has 5 rings (SSSR count). The lowest BCUT2D eigenvalue weighted by Gasteiger charge is -2.19. The molecule has 1 atom stereocenters. The van der Waals surface area contributed by atoms with Gasteiger partial charge in [-0.3, -0.25) is 14.5 Å². The highest BCUT2D eigenvalue weighted by molar-refractivity contribution is 6.00. The largest absolute Gasteiger partial charge is 0.337 e. The summed E-state index contributed by atoms with van der Waals surface area (Å²) in [4.78, 5) is 31.2. The summed E-state index contributed by atoms with van der Waals surface area (Å²) in [6.07, 6.45) is 4.13. The Labute approximate surface area is 177 Å². The average molecular weight is 423 g/mol. The number of benzene rings is 1. The summed E-state index contributed by atoms with van der Waals surface area (Å²) in [6, 6.07) is 7.42. The van der Waals surface area contributed by atoms with E-state index in [0.29, 0.717) is 24.4 Å². The van der Waals surface area contributed by atoms with Crippen molar-refractivity contribution in [1.82, 2.24) is 29.9 Å². The van der Waals surface area contributed by atoms with E-state index >= 15 is 0 Å². The standard InChI is InChI=1S/C21H22FN7O2/c1-27-18-10-17(14-5-6-14)25-29(18)8-7-16(21(27)31)24-20(30)19-23-12-28(26-19)11-13-3-2-4-15(22)9-13/h2-4,9-10,12,14,16H,5-8,11H2,1H3,(H,24,30)/t16-/m0/s1. The van der Waals surface area contributed by atoms with Crippen molar-refractivity contribution in [2.24, 2.45) is 0 Å². The molecule has 31 heavy (non-hydrogen) atoms. The van der Waals surface area contributed by atoms with E-state index in [0.717, 1.165) is 24.4 Å². The van der Waals surface area contributed by atoms with Gasteiger partial charge in [-0.05, 0) is 37.0 Å². The van der Waals surface area contributed by atoms with Gasteiger partial charge in [-0.25, -0.2) is 18.7 Å². The normalized spacial score (nSPS) is 18.6. The van der Waals surface area contributed by atoms with Gasteiger partial charge in [0.15, 0.2) is 0 Å². The number of amides is 2. The highest BCUT2D eigenvalue weighted by atomic mass is 19.1. The average Bonchev–Trinajstić information content (AvgIpc) is 3.37. The number of hydrogen-bond donors (Lipinski definition) is 1. The Bertz CT molecular complexity index is 1150. The number of halogens is 1. The number of carbonyl (C=O) groups excluding carboxylic acids is 2. The molecule has 2 amide bonds. The number of carbonyl (C=O) groups is 2. The first-order valence-electron chi connectivity index (χ1n) is 10.3. The van der Waals surface area contributed by atoms with Gasteiger partial charge in [-0.1, -0.05) is 12.1 Å². The number of anilines is 1. The summed E-state index contributed by atoms with van der Waals surface area (Å²) in [5.41, 5.74) is 1.74. The number of rotatable bonds is 5. The van der Waals surface area contributed by atoms with Crippen molar-refractivity contribution in [1.29, 1.82) is 0 Å². The molecule has 0 spiro atoms. The maximum atomic E-state index is 13.4. The van der Waals surface area contributed by atoms with Crippen LogP contribution in [0.4, 0.5) is 10.2 Å². The maximum absolute atomic E-state index is 13.4. The van der Waals surface area contributed by atoms with E-state index < -0.39 is 11.9 Å². The molecular weight excluding hydrogens is 401 g/mol. The lowest BCUT2D eigenvalue weighted by Crippen LogP contribution is -2.47. The molecule has 1 N–H and O–H groups in total. The van der Waals surface area contributed by atoms with Crippen molar-refractivity contribution in [2.75, 3.05) is 11.9 Å². The predicted molar refractivity (Wildman–Crippen MR) is 109 cm³/mol. The van der Waals surface area contributed by atoms with Crippen molar-refractivity contribution in [3.05, 3.63) is 59.6 Å². The topological polar surface area (TPSA) is 97.9 Å². The minimum atomic E-state index is -0.696. The zero-order valence-electron chi connectivity index (χ0n) is 17.0. The molecule has 2 aromatic heterocycles. The van der Waals surface area contributed by atoms with Crippen LogP contribution < -0.4 is 10.2 Å². The Morgan fingerprint density at radius 1 is 1.23 bits per heavy atom. The molecule has 1 aromatic carbocycles. The van der Waals surface area contributed by atoms with Crippen LogP contribution >= 0.6 is 0 Å². The third kappa shape index (κ3) is 3.92. The second-order valence-corrected chi connectivity index (χ2v) is 8.03. The van der Waals surface area contributed by atoms with E-state index in [9.17, 15) is 14.0 Å². The number of hydrogen-bond acceptors (Lipinski definition) is 5. The van der Waals surface area contributed by atoms with Crippen LogP contribution in [-0.2, 0) is 17.9 Å². The van der Waals surface area contributed by atoms with Gasteiger partial charge >= 0.3 is 0 Å². The lowest BCUT2D eigenvalue weighted by atomic mass is 10.2. The molecule has 1 aliphatic carbocycles. The second-order valence-electron chi connectivity index (χ2n) is 8.03. The summed E-state index contributed by atoms with van der Waals surface area (Å²) in [6.45, 7) is 0.818. The number of fused-ring (bicyclic) bond motifs is 1. The second kappa shape index (κ2) is 7.60. The van der Waals surface area contributed by atoms with Gasteiger partial charge in [0.2, 0.25) is 5.82 Å². The van der Waals surface area contributed by atoms with E-state index in [1.54, 1.807) is 24.1 Å². The maximum Gasteiger partial charge on any atom is 0.291 e. The molecule has 0 saturated heterocycles. The third-order valence-electron chi connectivity index (χ3n) is 5.65. The zero-order chi connectivity index (χ0) is 21.5. The van der Waals surface area contributed by atoms with E-state index in [-0.39, 0.29) is 24.1 Å². The van der Waals surface area contributed by atoms with Gasteiger partial charge < -0.3 is 5.32 Å². The Balaban J connectivity index is 1.25. The lowest BCUT2D eigenvalue weighted by molar-refractivity contribution is -0.120. The van der Waals surface area contributed by atoms with E-state index in [2.05, 4.69) is 20.5 Å². The van der Waals surface area contributed by atoms with Gasteiger partial charge in [-0.15, -0.1) is 5.10 Å². The van der Waals surface area contributed by atoms with Crippen molar-refractivity contribution in [3.8, 4) is 0 Å². The molecule has 160 valence electrons. The first-order valence-corrected chi connectivity index (χ1v) is 10.3. The van der Waals surface area contributed by atoms with Crippen molar-refractivity contribution < 1.29 is 14.0 Å². The van der Waals surface area contributed by atoms with Gasteiger partial charge in [0.25, 0.3) is 11.8 Å². The minimum absolute atomic E-state index is 0.0372. The van der Waals surface area contributed by atoms with Gasteiger partial charge in [-0.2, -0.15) is 5.10 Å². The number of likely N-dealkylation sites (N-methyl/N-ethyl adjacent to an activating group) is 1. The molecule has 0 radical (unpaired) electrons. The monoisotopic (exact) mass is 423 g/mol. The van der Waals surface area contributed by atoms with E-state index in [1.165, 1.54) is 23.1 Å². The molecule has 10 heteroatoms. The summed E-state index contributed by atoms with van der Waals surface area (Å²) in [7, 11) is 1.70. The Kier molecular flexibility index (Phi) is 4.76. The van der Waals surface area contributed by atoms with Crippen LogP contribution in [0.3, 0.4) is 0 Å². The van der Waals surface area contributed by atoms with Crippen LogP contribution in [0.25, 0.3) is 0 Å². The third-order valence-corrected chi connectivity index (χ3v) is 5.65. The van der Waals surface area contributed by atoms with Crippen molar-refractivity contribution in [2.45, 2.75) is 44.3 Å². The minimum Gasteiger partial charge on any atom is -0.337 e. The number of nitrogens with zero attached hydrogens (tertiary/aromatic N) is 6. The van der Waals surface area contributed by atoms with Gasteiger partial charge in [0.1, 0.15) is 24.0 Å². The quantitative estimate of drug-likeness (QED) is 0.674. The number of aryl methyl sites for hydroxylation is 1. The highest BCUT2D eigenvalue weighted by Crippen LogP contribution is 2.40. The summed E-state index contributed by atoms with van der Waals surface area (Å²) in [5, 5.41) is 11.5. The highest BCUT2D eigenvalue weighted by Gasteiger charge is 2.34. The van der Waals surface area contributed by atoms with Crippen LogP contribution in [0.15, 0.2) is 36.7 Å². The van der Waals surface area contributed by atoms with Crippen molar-refractivity contribution in [3.63, 3.8) is 0 Å². The fourth-order valence-electron chi connectivity index (χ4n) is 3.81. The zero-order valence-corrected chi connectivity index (χ0v) is 17.0. The fraction of sp³-hybridized carbons (Fsp3) is 0.381. The molecule has 9 nitrogen and oxygen atoms in total. The Morgan fingerprint density at radius 3 is 2.84 bits per heavy atom. The van der Waals surface area contributed by atoms with E-state index in [4.69, 9.17) is 0 Å². The first-order chi connectivity index (χ1) is 15.0. The molecule has 0 bridgehead atoms.